The number of hydrogen-bond acceptors (Lipinski definition) is 7. The summed E-state index contributed by atoms with van der Waals surface area (Å²) < 4.78 is 26.8. The van der Waals surface area contributed by atoms with Crippen molar-refractivity contribution in [2.75, 3.05) is 20.5 Å². The summed E-state index contributed by atoms with van der Waals surface area (Å²) >= 11 is 6.16. The number of benzene rings is 3. The molecule has 1 N–H and O–H groups in total. The summed E-state index contributed by atoms with van der Waals surface area (Å²) in [4.78, 5) is 24.5. The van der Waals surface area contributed by atoms with Crippen LogP contribution in [0.4, 0.5) is 0 Å². The molecule has 8 nitrogen and oxygen atoms in total. The van der Waals surface area contributed by atoms with Gasteiger partial charge in [-0.05, 0) is 42.0 Å². The molecule has 3 aromatic rings. The quantitative estimate of drug-likeness (QED) is 0.457. The molecule has 0 bridgehead atoms. The molecule has 0 saturated carbocycles. The molecule has 4 rings (SSSR count). The van der Waals surface area contributed by atoms with Crippen LogP contribution in [0.1, 0.15) is 21.5 Å². The van der Waals surface area contributed by atoms with Crippen LogP contribution < -0.4 is 24.3 Å². The molecule has 0 atom stereocenters. The molecule has 0 aliphatic carbocycles. The summed E-state index contributed by atoms with van der Waals surface area (Å²) in [5, 5.41) is 3.29. The topological polar surface area (TPSA) is 92.3 Å². The second-order valence-corrected chi connectivity index (χ2v) is 7.69. The Labute approximate surface area is 201 Å². The normalized spacial score (nSPS) is 11.6. The maximum Gasteiger partial charge on any atom is 0.338 e. The van der Waals surface area contributed by atoms with Crippen LogP contribution in [0.3, 0.4) is 0 Å². The molecule has 176 valence electrons. The zero-order valence-corrected chi connectivity index (χ0v) is 19.1. The van der Waals surface area contributed by atoms with E-state index in [9.17, 15) is 9.59 Å². The van der Waals surface area contributed by atoms with Gasteiger partial charge in [0.05, 0.1) is 12.7 Å². The van der Waals surface area contributed by atoms with Crippen molar-refractivity contribution in [1.29, 1.82) is 0 Å². The van der Waals surface area contributed by atoms with E-state index in [-0.39, 0.29) is 25.5 Å². The van der Waals surface area contributed by atoms with E-state index < -0.39 is 18.5 Å². The van der Waals surface area contributed by atoms with Crippen LogP contribution in [0.15, 0.2) is 60.7 Å². The highest BCUT2D eigenvalue weighted by atomic mass is 35.5. The third-order valence-electron chi connectivity index (χ3n) is 5.00. The van der Waals surface area contributed by atoms with Gasteiger partial charge >= 0.3 is 5.97 Å². The van der Waals surface area contributed by atoms with Gasteiger partial charge in [0.1, 0.15) is 6.61 Å². The first-order chi connectivity index (χ1) is 16.5. The molecule has 3 aromatic carbocycles. The monoisotopic (exact) mass is 483 g/mol. The first kappa shape index (κ1) is 23.3. The second kappa shape index (κ2) is 10.8. The van der Waals surface area contributed by atoms with E-state index in [2.05, 4.69) is 5.32 Å². The fourth-order valence-corrected chi connectivity index (χ4v) is 3.39. The highest BCUT2D eigenvalue weighted by molar-refractivity contribution is 6.31. The van der Waals surface area contributed by atoms with Crippen molar-refractivity contribution < 1.29 is 33.3 Å². The number of carbonyl (C=O) groups is 2. The molecule has 0 aromatic heterocycles. The van der Waals surface area contributed by atoms with Crippen molar-refractivity contribution in [3.63, 3.8) is 0 Å². The molecule has 0 saturated heterocycles. The van der Waals surface area contributed by atoms with E-state index in [0.717, 1.165) is 11.1 Å². The van der Waals surface area contributed by atoms with Crippen molar-refractivity contribution in [2.24, 2.45) is 0 Å². The number of fused-ring (bicyclic) bond motifs is 1. The summed E-state index contributed by atoms with van der Waals surface area (Å²) in [5.41, 5.74) is 1.88. The highest BCUT2D eigenvalue weighted by Crippen LogP contribution is 2.32. The van der Waals surface area contributed by atoms with Crippen LogP contribution in [0.5, 0.6) is 23.0 Å². The number of hydrogen-bond donors (Lipinski definition) is 1. The SMILES string of the molecule is COc1cc(C(=O)OCC(=O)NCc2ccc3c(c2)OCO3)ccc1OCc1ccccc1Cl. The van der Waals surface area contributed by atoms with Crippen LogP contribution in [-0.4, -0.2) is 32.4 Å². The van der Waals surface area contributed by atoms with Gasteiger partial charge in [-0.2, -0.15) is 0 Å². The molecule has 0 spiro atoms. The number of nitrogens with one attached hydrogen (secondary N) is 1. The van der Waals surface area contributed by atoms with Gasteiger partial charge in [-0.15, -0.1) is 0 Å². The third kappa shape index (κ3) is 5.71. The minimum Gasteiger partial charge on any atom is -0.493 e. The average Bonchev–Trinajstić information content (AvgIpc) is 3.33. The van der Waals surface area contributed by atoms with Crippen molar-refractivity contribution >= 4 is 23.5 Å². The number of ether oxygens (including phenoxy) is 5. The average molecular weight is 484 g/mol. The standard InChI is InChI=1S/C25H22ClNO7/c1-30-22-11-17(7-9-20(22)31-13-18-4-2-3-5-19(18)26)25(29)32-14-24(28)27-12-16-6-8-21-23(10-16)34-15-33-21/h2-11H,12-15H2,1H3,(H,27,28). The molecule has 0 unspecified atom stereocenters. The first-order valence-corrected chi connectivity index (χ1v) is 10.8. The van der Waals surface area contributed by atoms with E-state index in [0.29, 0.717) is 28.0 Å². The Morgan fingerprint density at radius 3 is 2.65 bits per heavy atom. The summed E-state index contributed by atoms with van der Waals surface area (Å²) in [5.74, 6) is 1.01. The maximum atomic E-state index is 12.4. The summed E-state index contributed by atoms with van der Waals surface area (Å²) in [7, 11) is 1.47. The lowest BCUT2D eigenvalue weighted by molar-refractivity contribution is -0.124. The molecule has 9 heteroatoms. The number of halogens is 1. The predicted molar refractivity (Wildman–Crippen MR) is 123 cm³/mol. The summed E-state index contributed by atoms with van der Waals surface area (Å²) in [6.07, 6.45) is 0. The second-order valence-electron chi connectivity index (χ2n) is 7.29. The number of methoxy groups -OCH3 is 1. The molecule has 1 amide bonds. The van der Waals surface area contributed by atoms with E-state index in [4.69, 9.17) is 35.3 Å². The maximum absolute atomic E-state index is 12.4. The van der Waals surface area contributed by atoms with Gasteiger partial charge in [0.2, 0.25) is 6.79 Å². The van der Waals surface area contributed by atoms with Gasteiger partial charge in [-0.25, -0.2) is 4.79 Å². The smallest absolute Gasteiger partial charge is 0.338 e. The molecule has 0 fully saturated rings. The summed E-state index contributed by atoms with van der Waals surface area (Å²) in [6.45, 7) is 0.262. The van der Waals surface area contributed by atoms with Crippen molar-refractivity contribution in [3.05, 3.63) is 82.4 Å². The van der Waals surface area contributed by atoms with Gasteiger partial charge in [0.25, 0.3) is 5.91 Å². The molecule has 1 aliphatic rings. The Bertz CT molecular complexity index is 1200. The Balaban J connectivity index is 1.28. The van der Waals surface area contributed by atoms with E-state index in [1.807, 2.05) is 24.3 Å². The van der Waals surface area contributed by atoms with Gasteiger partial charge < -0.3 is 29.0 Å². The molecular weight excluding hydrogens is 462 g/mol. The van der Waals surface area contributed by atoms with E-state index >= 15 is 0 Å². The Hall–Kier alpha value is -3.91. The lowest BCUT2D eigenvalue weighted by Crippen LogP contribution is -2.28. The van der Waals surface area contributed by atoms with Crippen LogP contribution in [0.25, 0.3) is 0 Å². The highest BCUT2D eigenvalue weighted by Gasteiger charge is 2.16. The van der Waals surface area contributed by atoms with Crippen LogP contribution >= 0.6 is 11.6 Å². The third-order valence-corrected chi connectivity index (χ3v) is 5.37. The lowest BCUT2D eigenvalue weighted by Gasteiger charge is -2.13. The Morgan fingerprint density at radius 2 is 1.82 bits per heavy atom. The first-order valence-electron chi connectivity index (χ1n) is 10.4. The molecule has 34 heavy (non-hydrogen) atoms. The van der Waals surface area contributed by atoms with Gasteiger partial charge in [-0.3, -0.25) is 4.79 Å². The Morgan fingerprint density at radius 1 is 1.00 bits per heavy atom. The molecular formula is C25H22ClNO7. The minimum atomic E-state index is -0.658. The number of rotatable bonds is 9. The van der Waals surface area contributed by atoms with Crippen LogP contribution in [-0.2, 0) is 22.7 Å². The van der Waals surface area contributed by atoms with Crippen molar-refractivity contribution in [3.8, 4) is 23.0 Å². The fraction of sp³-hybridized carbons (Fsp3) is 0.200. The van der Waals surface area contributed by atoms with Gasteiger partial charge in [0.15, 0.2) is 29.6 Å². The molecule has 1 heterocycles. The number of carbonyl (C=O) groups excluding carboxylic acids is 2. The summed E-state index contributed by atoms with van der Waals surface area (Å²) in [6, 6.07) is 17.4. The molecule has 1 aliphatic heterocycles. The number of amides is 1. The minimum absolute atomic E-state index is 0.181. The predicted octanol–water partition coefficient (Wildman–Crippen LogP) is 4.13. The zero-order valence-electron chi connectivity index (χ0n) is 18.3. The van der Waals surface area contributed by atoms with Crippen LogP contribution in [0, 0.1) is 0 Å². The largest absolute Gasteiger partial charge is 0.493 e. The van der Waals surface area contributed by atoms with Crippen LogP contribution in [0.2, 0.25) is 5.02 Å². The number of esters is 1. The van der Waals surface area contributed by atoms with Crippen molar-refractivity contribution in [1.82, 2.24) is 5.32 Å². The van der Waals surface area contributed by atoms with E-state index in [1.54, 1.807) is 24.3 Å². The zero-order chi connectivity index (χ0) is 23.9. The van der Waals surface area contributed by atoms with E-state index in [1.165, 1.54) is 19.2 Å². The van der Waals surface area contributed by atoms with Gasteiger partial charge in [0, 0.05) is 17.1 Å². The Kier molecular flexibility index (Phi) is 7.39. The molecule has 0 radical (unpaired) electrons. The fourth-order valence-electron chi connectivity index (χ4n) is 3.20. The lowest BCUT2D eigenvalue weighted by atomic mass is 10.2. The van der Waals surface area contributed by atoms with Gasteiger partial charge in [-0.1, -0.05) is 35.9 Å². The van der Waals surface area contributed by atoms with Crippen molar-refractivity contribution in [2.45, 2.75) is 13.2 Å².